The van der Waals surface area contributed by atoms with E-state index in [9.17, 15) is 4.79 Å². The summed E-state index contributed by atoms with van der Waals surface area (Å²) in [5.74, 6) is 4.92. The van der Waals surface area contributed by atoms with Crippen molar-refractivity contribution >= 4 is 5.91 Å². The van der Waals surface area contributed by atoms with Crippen molar-refractivity contribution < 1.29 is 14.6 Å². The highest BCUT2D eigenvalue weighted by atomic mass is 16.5. The van der Waals surface area contributed by atoms with Crippen LogP contribution in [0.4, 0.5) is 0 Å². The van der Waals surface area contributed by atoms with Gasteiger partial charge in [0.2, 0.25) is 5.91 Å². The maximum Gasteiger partial charge on any atom is 0.233 e. The van der Waals surface area contributed by atoms with Crippen molar-refractivity contribution in [2.75, 3.05) is 19.8 Å². The Morgan fingerprint density at radius 1 is 0.944 bits per heavy atom. The van der Waals surface area contributed by atoms with Crippen molar-refractivity contribution in [2.45, 2.75) is 57.8 Å². The number of carbonyl (C=O) groups excluding carboxylic acids is 1. The van der Waals surface area contributed by atoms with Gasteiger partial charge < -0.3 is 9.84 Å². The molecule has 0 rings (SSSR count). The second-order valence-electron chi connectivity index (χ2n) is 4.48. The molecule has 0 bridgehead atoms. The Balaban J connectivity index is 2.97. The predicted octanol–water partition coefficient (Wildman–Crippen LogP) is 1.50. The molecule has 0 aromatic heterocycles. The van der Waals surface area contributed by atoms with Crippen LogP contribution in [0.5, 0.6) is 0 Å². The number of unbranched alkanes of at least 4 members (excludes halogenated alkanes) is 7. The summed E-state index contributed by atoms with van der Waals surface area (Å²) in [5.41, 5.74) is 2.14. The molecule has 1 amide bonds. The highest BCUT2D eigenvalue weighted by molar-refractivity contribution is 5.74. The molecule has 0 aliphatic heterocycles. The minimum atomic E-state index is -0.0714. The lowest BCUT2D eigenvalue weighted by Crippen LogP contribution is -2.29. The number of hydrogen-bond donors (Lipinski definition) is 3. The summed E-state index contributed by atoms with van der Waals surface area (Å²) in [5, 5.41) is 8.50. The number of hydrogen-bond acceptors (Lipinski definition) is 4. The molecule has 0 saturated carbocycles. The number of carbonyl (C=O) groups is 1. The van der Waals surface area contributed by atoms with Gasteiger partial charge in [-0.15, -0.1) is 0 Å². The van der Waals surface area contributed by atoms with Gasteiger partial charge >= 0.3 is 0 Å². The fourth-order valence-corrected chi connectivity index (χ4v) is 1.79. The third kappa shape index (κ3) is 13.4. The van der Waals surface area contributed by atoms with Crippen LogP contribution < -0.4 is 11.3 Å². The Labute approximate surface area is 110 Å². The van der Waals surface area contributed by atoms with E-state index in [2.05, 4.69) is 5.43 Å². The summed E-state index contributed by atoms with van der Waals surface area (Å²) < 4.78 is 5.18. The van der Waals surface area contributed by atoms with Gasteiger partial charge in [0.15, 0.2) is 0 Å². The van der Waals surface area contributed by atoms with Crippen molar-refractivity contribution in [3.05, 3.63) is 0 Å². The largest absolute Gasteiger partial charge is 0.394 e. The first-order chi connectivity index (χ1) is 8.81. The van der Waals surface area contributed by atoms with Crippen molar-refractivity contribution in [3.63, 3.8) is 0 Å². The lowest BCUT2D eigenvalue weighted by molar-refractivity contribution is -0.121. The molecule has 5 heteroatoms. The molecule has 0 heterocycles. The maximum atomic E-state index is 10.8. The summed E-state index contributed by atoms with van der Waals surface area (Å²) in [6.07, 6.45) is 9.77. The lowest BCUT2D eigenvalue weighted by atomic mass is 10.1. The molecular formula is C13H28N2O3. The molecule has 0 aromatic rings. The molecule has 18 heavy (non-hydrogen) atoms. The molecule has 0 spiro atoms. The summed E-state index contributed by atoms with van der Waals surface area (Å²) in [7, 11) is 0. The Morgan fingerprint density at radius 2 is 1.50 bits per heavy atom. The molecule has 0 radical (unpaired) electrons. The Bertz CT molecular complexity index is 189. The van der Waals surface area contributed by atoms with E-state index < -0.39 is 0 Å². The minimum absolute atomic E-state index is 0.0714. The molecule has 0 atom stereocenters. The first kappa shape index (κ1) is 17.4. The van der Waals surface area contributed by atoms with Crippen LogP contribution in [-0.2, 0) is 9.53 Å². The molecule has 0 fully saturated rings. The third-order valence-corrected chi connectivity index (χ3v) is 2.84. The van der Waals surface area contributed by atoms with E-state index in [0.29, 0.717) is 13.0 Å². The Morgan fingerprint density at radius 3 is 2.06 bits per heavy atom. The van der Waals surface area contributed by atoms with Gasteiger partial charge in [0.25, 0.3) is 0 Å². The molecule has 5 nitrogen and oxygen atoms in total. The second kappa shape index (κ2) is 14.4. The number of nitrogens with two attached hydrogens (primary N) is 1. The molecule has 0 unspecified atom stereocenters. The molecule has 108 valence electrons. The standard InChI is InChI=1S/C13H28N2O3/c14-15-13(17)9-7-5-3-1-2-4-6-8-11-18-12-10-16/h16H,1-12,14H2,(H,15,17). The number of aliphatic hydroxyl groups excluding tert-OH is 1. The van der Waals surface area contributed by atoms with Crippen LogP contribution in [0, 0.1) is 0 Å². The summed E-state index contributed by atoms with van der Waals surface area (Å²) in [6.45, 7) is 1.33. The van der Waals surface area contributed by atoms with E-state index in [1.54, 1.807) is 0 Å². The van der Waals surface area contributed by atoms with E-state index >= 15 is 0 Å². The van der Waals surface area contributed by atoms with Crippen LogP contribution >= 0.6 is 0 Å². The van der Waals surface area contributed by atoms with Gasteiger partial charge in [0.05, 0.1) is 13.2 Å². The quantitative estimate of drug-likeness (QED) is 0.203. The van der Waals surface area contributed by atoms with E-state index in [1.807, 2.05) is 0 Å². The highest BCUT2D eigenvalue weighted by Gasteiger charge is 1.97. The third-order valence-electron chi connectivity index (χ3n) is 2.84. The highest BCUT2D eigenvalue weighted by Crippen LogP contribution is 2.09. The summed E-state index contributed by atoms with van der Waals surface area (Å²) in [4.78, 5) is 10.8. The van der Waals surface area contributed by atoms with Crippen molar-refractivity contribution in [1.29, 1.82) is 0 Å². The fraction of sp³-hybridized carbons (Fsp3) is 0.923. The van der Waals surface area contributed by atoms with E-state index in [-0.39, 0.29) is 12.5 Å². The summed E-state index contributed by atoms with van der Waals surface area (Å²) >= 11 is 0. The zero-order valence-corrected chi connectivity index (χ0v) is 11.3. The molecule has 0 saturated heterocycles. The average Bonchev–Trinajstić information content (AvgIpc) is 2.39. The number of nitrogens with one attached hydrogen (secondary N) is 1. The van der Waals surface area contributed by atoms with Crippen LogP contribution in [0.3, 0.4) is 0 Å². The van der Waals surface area contributed by atoms with Gasteiger partial charge in [-0.2, -0.15) is 0 Å². The van der Waals surface area contributed by atoms with Crippen molar-refractivity contribution in [1.82, 2.24) is 5.43 Å². The van der Waals surface area contributed by atoms with E-state index in [0.717, 1.165) is 25.9 Å². The van der Waals surface area contributed by atoms with Crippen molar-refractivity contribution in [3.8, 4) is 0 Å². The molecule has 4 N–H and O–H groups in total. The summed E-state index contributed by atoms with van der Waals surface area (Å²) in [6, 6.07) is 0. The van der Waals surface area contributed by atoms with Crippen LogP contribution in [0.2, 0.25) is 0 Å². The SMILES string of the molecule is NNC(=O)CCCCCCCCCCOCCO. The van der Waals surface area contributed by atoms with Gasteiger partial charge in [-0.05, 0) is 12.8 Å². The molecule has 0 aliphatic rings. The Kier molecular flexibility index (Phi) is 13.9. The van der Waals surface area contributed by atoms with Crippen LogP contribution in [0.25, 0.3) is 0 Å². The first-order valence-electron chi connectivity index (χ1n) is 6.99. The smallest absolute Gasteiger partial charge is 0.233 e. The molecule has 0 aliphatic carbocycles. The van der Waals surface area contributed by atoms with Crippen LogP contribution in [-0.4, -0.2) is 30.8 Å². The van der Waals surface area contributed by atoms with Gasteiger partial charge in [0, 0.05) is 13.0 Å². The van der Waals surface area contributed by atoms with Crippen LogP contribution in [0.1, 0.15) is 57.8 Å². The number of hydrazine groups is 1. The molecular weight excluding hydrogens is 232 g/mol. The number of amides is 1. The number of aliphatic hydroxyl groups is 1. The minimum Gasteiger partial charge on any atom is -0.394 e. The normalized spacial score (nSPS) is 10.6. The van der Waals surface area contributed by atoms with Gasteiger partial charge in [-0.25, -0.2) is 5.84 Å². The molecule has 0 aromatic carbocycles. The maximum absolute atomic E-state index is 10.8. The fourth-order valence-electron chi connectivity index (χ4n) is 1.79. The van der Waals surface area contributed by atoms with Gasteiger partial charge in [0.1, 0.15) is 0 Å². The van der Waals surface area contributed by atoms with Gasteiger partial charge in [-0.1, -0.05) is 38.5 Å². The van der Waals surface area contributed by atoms with E-state index in [4.69, 9.17) is 15.7 Å². The Hall–Kier alpha value is -0.650. The lowest BCUT2D eigenvalue weighted by Gasteiger charge is -2.03. The topological polar surface area (TPSA) is 84.6 Å². The number of ether oxygens (including phenoxy) is 1. The van der Waals surface area contributed by atoms with E-state index in [1.165, 1.54) is 32.1 Å². The second-order valence-corrected chi connectivity index (χ2v) is 4.48. The zero-order chi connectivity index (χ0) is 13.5. The predicted molar refractivity (Wildman–Crippen MR) is 71.8 cm³/mol. The van der Waals surface area contributed by atoms with Gasteiger partial charge in [-0.3, -0.25) is 10.2 Å². The zero-order valence-electron chi connectivity index (χ0n) is 11.3. The first-order valence-corrected chi connectivity index (χ1v) is 6.99. The van der Waals surface area contributed by atoms with Crippen LogP contribution in [0.15, 0.2) is 0 Å². The number of rotatable bonds is 13. The van der Waals surface area contributed by atoms with Crippen molar-refractivity contribution in [2.24, 2.45) is 5.84 Å². The monoisotopic (exact) mass is 260 g/mol. The average molecular weight is 260 g/mol.